The van der Waals surface area contributed by atoms with Crippen LogP contribution in [0.4, 0.5) is 0 Å². The third-order valence-corrected chi connectivity index (χ3v) is 4.13. The predicted molar refractivity (Wildman–Crippen MR) is 76.7 cm³/mol. The Hall–Kier alpha value is -1.55. The number of carbonyl (C=O) groups excluding carboxylic acids is 1. The van der Waals surface area contributed by atoms with Gasteiger partial charge in [0.2, 0.25) is 5.91 Å². The number of amides is 1. The fraction of sp³-hybridized carbons (Fsp3) is 0.467. The standard InChI is InChI=1S/C15H18ClNO3/c16-12-6-2-1-4-10(12)8-9-14(18)17-13-7-3-5-11(13)15(19)20/h1-2,4,6,11,13H,3,5,7-9H2,(H,17,18)(H,19,20). The van der Waals surface area contributed by atoms with Crippen molar-refractivity contribution in [1.29, 1.82) is 0 Å². The van der Waals surface area contributed by atoms with Crippen LogP contribution in [0.1, 0.15) is 31.2 Å². The molecule has 0 spiro atoms. The van der Waals surface area contributed by atoms with Crippen molar-refractivity contribution in [3.05, 3.63) is 34.9 Å². The molecule has 2 atom stereocenters. The smallest absolute Gasteiger partial charge is 0.308 e. The van der Waals surface area contributed by atoms with E-state index in [4.69, 9.17) is 16.7 Å². The van der Waals surface area contributed by atoms with Crippen molar-refractivity contribution in [3.8, 4) is 0 Å². The number of rotatable bonds is 5. The molecule has 1 aliphatic rings. The molecule has 0 bridgehead atoms. The Bertz CT molecular complexity index is 504. The molecule has 5 heteroatoms. The molecule has 0 heterocycles. The van der Waals surface area contributed by atoms with E-state index >= 15 is 0 Å². The molecule has 20 heavy (non-hydrogen) atoms. The van der Waals surface area contributed by atoms with Gasteiger partial charge in [-0.3, -0.25) is 9.59 Å². The van der Waals surface area contributed by atoms with Gasteiger partial charge in [0.15, 0.2) is 0 Å². The van der Waals surface area contributed by atoms with Crippen LogP contribution >= 0.6 is 11.6 Å². The van der Waals surface area contributed by atoms with Gasteiger partial charge < -0.3 is 10.4 Å². The molecule has 4 nitrogen and oxygen atoms in total. The van der Waals surface area contributed by atoms with Crippen LogP contribution in [-0.2, 0) is 16.0 Å². The molecule has 1 aliphatic carbocycles. The SMILES string of the molecule is O=C(CCc1ccccc1Cl)NC1CCCC1C(=O)O. The lowest BCUT2D eigenvalue weighted by Crippen LogP contribution is -2.40. The van der Waals surface area contributed by atoms with Gasteiger partial charge in [-0.05, 0) is 30.9 Å². The lowest BCUT2D eigenvalue weighted by Gasteiger charge is -2.17. The second-order valence-electron chi connectivity index (χ2n) is 5.14. The molecule has 0 aromatic heterocycles. The maximum atomic E-state index is 11.9. The summed E-state index contributed by atoms with van der Waals surface area (Å²) >= 11 is 6.03. The molecule has 2 N–H and O–H groups in total. The summed E-state index contributed by atoms with van der Waals surface area (Å²) in [4.78, 5) is 23.0. The molecular formula is C15H18ClNO3. The molecule has 1 aromatic rings. The molecular weight excluding hydrogens is 278 g/mol. The summed E-state index contributed by atoms with van der Waals surface area (Å²) in [5.74, 6) is -1.37. The number of carboxylic acid groups (broad SMARTS) is 1. The van der Waals surface area contributed by atoms with E-state index in [9.17, 15) is 9.59 Å². The van der Waals surface area contributed by atoms with Crippen LogP contribution in [0.3, 0.4) is 0 Å². The van der Waals surface area contributed by atoms with Gasteiger partial charge in [-0.1, -0.05) is 36.2 Å². The van der Waals surface area contributed by atoms with E-state index in [1.54, 1.807) is 6.07 Å². The topological polar surface area (TPSA) is 66.4 Å². The number of halogens is 1. The van der Waals surface area contributed by atoms with Gasteiger partial charge in [0.05, 0.1) is 5.92 Å². The first-order valence-electron chi connectivity index (χ1n) is 6.83. The van der Waals surface area contributed by atoms with Crippen LogP contribution in [0, 0.1) is 5.92 Å². The van der Waals surface area contributed by atoms with Gasteiger partial charge in [-0.2, -0.15) is 0 Å². The number of aliphatic carboxylic acids is 1. The maximum absolute atomic E-state index is 11.9. The first-order chi connectivity index (χ1) is 9.58. The van der Waals surface area contributed by atoms with E-state index in [0.29, 0.717) is 24.3 Å². The molecule has 2 rings (SSSR count). The normalized spacial score (nSPS) is 21.6. The Morgan fingerprint density at radius 2 is 2.05 bits per heavy atom. The van der Waals surface area contributed by atoms with Gasteiger partial charge in [0.25, 0.3) is 0 Å². The summed E-state index contributed by atoms with van der Waals surface area (Å²) in [5.41, 5.74) is 0.936. The maximum Gasteiger partial charge on any atom is 0.308 e. The Labute approximate surface area is 123 Å². The van der Waals surface area contributed by atoms with Crippen LogP contribution < -0.4 is 5.32 Å². The number of hydrogen-bond donors (Lipinski definition) is 2. The van der Waals surface area contributed by atoms with Crippen molar-refractivity contribution >= 4 is 23.5 Å². The number of benzene rings is 1. The highest BCUT2D eigenvalue weighted by atomic mass is 35.5. The van der Waals surface area contributed by atoms with Crippen LogP contribution in [0.5, 0.6) is 0 Å². The van der Waals surface area contributed by atoms with E-state index in [1.807, 2.05) is 18.2 Å². The zero-order valence-corrected chi connectivity index (χ0v) is 11.9. The van der Waals surface area contributed by atoms with Crippen molar-refractivity contribution < 1.29 is 14.7 Å². The first-order valence-corrected chi connectivity index (χ1v) is 7.21. The van der Waals surface area contributed by atoms with E-state index in [1.165, 1.54) is 0 Å². The van der Waals surface area contributed by atoms with Crippen molar-refractivity contribution in [2.45, 2.75) is 38.1 Å². The van der Waals surface area contributed by atoms with Crippen molar-refractivity contribution in [2.75, 3.05) is 0 Å². The van der Waals surface area contributed by atoms with Crippen molar-refractivity contribution in [1.82, 2.24) is 5.32 Å². The molecule has 1 amide bonds. The molecule has 1 aromatic carbocycles. The average molecular weight is 296 g/mol. The third-order valence-electron chi connectivity index (χ3n) is 3.76. The van der Waals surface area contributed by atoms with Gasteiger partial charge in [0, 0.05) is 17.5 Å². The summed E-state index contributed by atoms with van der Waals surface area (Å²) in [7, 11) is 0. The average Bonchev–Trinajstić information content (AvgIpc) is 2.86. The summed E-state index contributed by atoms with van der Waals surface area (Å²) in [6, 6.07) is 7.20. The quantitative estimate of drug-likeness (QED) is 0.877. The fourth-order valence-corrected chi connectivity index (χ4v) is 2.89. The summed E-state index contributed by atoms with van der Waals surface area (Å²) in [5, 5.41) is 12.6. The summed E-state index contributed by atoms with van der Waals surface area (Å²) < 4.78 is 0. The molecule has 1 saturated carbocycles. The van der Waals surface area contributed by atoms with Crippen molar-refractivity contribution in [2.24, 2.45) is 5.92 Å². The fourth-order valence-electron chi connectivity index (χ4n) is 2.66. The lowest BCUT2D eigenvalue weighted by molar-refractivity contribution is -0.142. The van der Waals surface area contributed by atoms with E-state index < -0.39 is 11.9 Å². The number of carbonyl (C=O) groups is 2. The largest absolute Gasteiger partial charge is 0.481 e. The second-order valence-corrected chi connectivity index (χ2v) is 5.55. The minimum absolute atomic E-state index is 0.108. The lowest BCUT2D eigenvalue weighted by atomic mass is 10.0. The summed E-state index contributed by atoms with van der Waals surface area (Å²) in [6.07, 6.45) is 3.13. The number of aryl methyl sites for hydroxylation is 1. The Morgan fingerprint density at radius 3 is 2.75 bits per heavy atom. The van der Waals surface area contributed by atoms with Crippen LogP contribution in [0.15, 0.2) is 24.3 Å². The zero-order chi connectivity index (χ0) is 14.5. The Morgan fingerprint density at radius 1 is 1.30 bits per heavy atom. The number of carboxylic acids is 1. The van der Waals surface area contributed by atoms with Crippen LogP contribution in [0.2, 0.25) is 5.02 Å². The highest BCUT2D eigenvalue weighted by Crippen LogP contribution is 2.26. The monoisotopic (exact) mass is 295 g/mol. The number of nitrogens with one attached hydrogen (secondary N) is 1. The Balaban J connectivity index is 1.84. The molecule has 108 valence electrons. The Kier molecular flexibility index (Phi) is 5.01. The second kappa shape index (κ2) is 6.75. The van der Waals surface area contributed by atoms with E-state index in [-0.39, 0.29) is 11.9 Å². The zero-order valence-electron chi connectivity index (χ0n) is 11.1. The van der Waals surface area contributed by atoms with Crippen LogP contribution in [0.25, 0.3) is 0 Å². The van der Waals surface area contributed by atoms with Crippen molar-refractivity contribution in [3.63, 3.8) is 0 Å². The van der Waals surface area contributed by atoms with E-state index in [0.717, 1.165) is 18.4 Å². The van der Waals surface area contributed by atoms with Gasteiger partial charge in [-0.15, -0.1) is 0 Å². The first kappa shape index (κ1) is 14.9. The summed E-state index contributed by atoms with van der Waals surface area (Å²) in [6.45, 7) is 0. The number of hydrogen-bond acceptors (Lipinski definition) is 2. The predicted octanol–water partition coefficient (Wildman–Crippen LogP) is 2.64. The highest BCUT2D eigenvalue weighted by molar-refractivity contribution is 6.31. The minimum atomic E-state index is -0.820. The highest BCUT2D eigenvalue weighted by Gasteiger charge is 2.33. The molecule has 0 saturated heterocycles. The van der Waals surface area contributed by atoms with Crippen LogP contribution in [-0.4, -0.2) is 23.0 Å². The molecule has 2 unspecified atom stereocenters. The molecule has 0 aliphatic heterocycles. The van der Waals surface area contributed by atoms with Gasteiger partial charge >= 0.3 is 5.97 Å². The minimum Gasteiger partial charge on any atom is -0.481 e. The van der Waals surface area contributed by atoms with E-state index in [2.05, 4.69) is 5.32 Å². The molecule has 0 radical (unpaired) electrons. The van der Waals surface area contributed by atoms with Gasteiger partial charge in [0.1, 0.15) is 0 Å². The third kappa shape index (κ3) is 3.73. The van der Waals surface area contributed by atoms with Gasteiger partial charge in [-0.25, -0.2) is 0 Å². The molecule has 1 fully saturated rings.